The maximum atomic E-state index is 6.22. The van der Waals surface area contributed by atoms with Crippen LogP contribution in [-0.2, 0) is 6.54 Å². The number of para-hydroxylation sites is 1. The van der Waals surface area contributed by atoms with E-state index in [1.54, 1.807) is 0 Å². The highest BCUT2D eigenvalue weighted by molar-refractivity contribution is 5.51. The normalized spacial score (nSPS) is 17.5. The average Bonchev–Trinajstić information content (AvgIpc) is 2.48. The molecule has 1 unspecified atom stereocenters. The summed E-state index contributed by atoms with van der Waals surface area (Å²) in [5, 5.41) is 0. The molecule has 0 bridgehead atoms. The van der Waals surface area contributed by atoms with Gasteiger partial charge in [-0.15, -0.1) is 0 Å². The van der Waals surface area contributed by atoms with E-state index in [4.69, 9.17) is 4.74 Å². The monoisotopic (exact) mass is 267 g/mol. The second-order valence-electron chi connectivity index (χ2n) is 5.44. The van der Waals surface area contributed by atoms with E-state index in [2.05, 4.69) is 67.3 Å². The molecule has 0 spiro atoms. The highest BCUT2D eigenvalue weighted by Gasteiger charge is 2.26. The Labute approximate surface area is 121 Å². The fourth-order valence-corrected chi connectivity index (χ4v) is 2.78. The zero-order valence-corrected chi connectivity index (χ0v) is 12.2. The first kappa shape index (κ1) is 13.0. The molecule has 20 heavy (non-hydrogen) atoms. The van der Waals surface area contributed by atoms with Crippen LogP contribution in [0.15, 0.2) is 48.5 Å². The van der Waals surface area contributed by atoms with Crippen molar-refractivity contribution < 1.29 is 4.74 Å². The third-order valence-corrected chi connectivity index (χ3v) is 3.79. The Kier molecular flexibility index (Phi) is 3.64. The summed E-state index contributed by atoms with van der Waals surface area (Å²) in [6, 6.07) is 17.0. The first-order valence-corrected chi connectivity index (χ1v) is 7.36. The lowest BCUT2D eigenvalue weighted by atomic mass is 10.1. The third kappa shape index (κ3) is 2.51. The molecule has 2 heteroatoms. The molecular formula is C18H21NO. The topological polar surface area (TPSA) is 12.5 Å². The van der Waals surface area contributed by atoms with E-state index >= 15 is 0 Å². The second-order valence-corrected chi connectivity index (χ2v) is 5.44. The predicted molar refractivity (Wildman–Crippen MR) is 83.1 cm³/mol. The Bertz CT molecular complexity index is 579. The average molecular weight is 267 g/mol. The van der Waals surface area contributed by atoms with Crippen LogP contribution < -0.4 is 9.64 Å². The van der Waals surface area contributed by atoms with E-state index in [9.17, 15) is 0 Å². The van der Waals surface area contributed by atoms with Crippen molar-refractivity contribution in [2.24, 2.45) is 0 Å². The number of benzene rings is 2. The summed E-state index contributed by atoms with van der Waals surface area (Å²) in [5.41, 5.74) is 3.80. The van der Waals surface area contributed by atoms with Gasteiger partial charge in [-0.3, -0.25) is 0 Å². The maximum absolute atomic E-state index is 6.22. The highest BCUT2D eigenvalue weighted by Crippen LogP contribution is 2.33. The molecule has 104 valence electrons. The smallest absolute Gasteiger partial charge is 0.172 e. The summed E-state index contributed by atoms with van der Waals surface area (Å²) >= 11 is 0. The number of ether oxygens (including phenoxy) is 1. The summed E-state index contributed by atoms with van der Waals surface area (Å²) in [7, 11) is 0. The van der Waals surface area contributed by atoms with Crippen LogP contribution in [0.1, 0.15) is 30.9 Å². The molecule has 0 amide bonds. The van der Waals surface area contributed by atoms with Crippen molar-refractivity contribution in [2.75, 3.05) is 4.90 Å². The van der Waals surface area contributed by atoms with Gasteiger partial charge in [0.05, 0.1) is 6.54 Å². The van der Waals surface area contributed by atoms with E-state index in [1.807, 2.05) is 0 Å². The molecule has 0 aromatic heterocycles. The number of hydrogen-bond acceptors (Lipinski definition) is 2. The Morgan fingerprint density at radius 2 is 1.95 bits per heavy atom. The summed E-state index contributed by atoms with van der Waals surface area (Å²) in [6.07, 6.45) is 2.30. The largest absolute Gasteiger partial charge is 0.470 e. The number of fused-ring (bicyclic) bond motifs is 1. The minimum atomic E-state index is 0.137. The van der Waals surface area contributed by atoms with Gasteiger partial charge >= 0.3 is 0 Å². The molecule has 0 saturated carbocycles. The fourth-order valence-electron chi connectivity index (χ4n) is 2.78. The Hall–Kier alpha value is -1.96. The quantitative estimate of drug-likeness (QED) is 0.810. The first-order chi connectivity index (χ1) is 9.78. The lowest BCUT2D eigenvalue weighted by molar-refractivity contribution is 0.165. The minimum absolute atomic E-state index is 0.137. The summed E-state index contributed by atoms with van der Waals surface area (Å²) in [5.74, 6) is 1.04. The van der Waals surface area contributed by atoms with Crippen molar-refractivity contribution in [3.05, 3.63) is 59.7 Å². The van der Waals surface area contributed by atoms with Gasteiger partial charge in [0.25, 0.3) is 0 Å². The summed E-state index contributed by atoms with van der Waals surface area (Å²) in [4.78, 5) is 2.37. The van der Waals surface area contributed by atoms with E-state index in [0.29, 0.717) is 0 Å². The van der Waals surface area contributed by atoms with E-state index in [0.717, 1.165) is 25.1 Å². The Balaban J connectivity index is 1.95. The van der Waals surface area contributed by atoms with Crippen LogP contribution in [0.5, 0.6) is 5.75 Å². The third-order valence-electron chi connectivity index (χ3n) is 3.79. The van der Waals surface area contributed by atoms with Crippen molar-refractivity contribution in [3.63, 3.8) is 0 Å². The van der Waals surface area contributed by atoms with Crippen LogP contribution in [0.25, 0.3) is 0 Å². The molecule has 1 heterocycles. The molecule has 2 nitrogen and oxygen atoms in total. The molecule has 0 saturated heterocycles. The molecule has 0 aliphatic carbocycles. The van der Waals surface area contributed by atoms with E-state index in [1.165, 1.54) is 16.8 Å². The van der Waals surface area contributed by atoms with Crippen molar-refractivity contribution >= 4 is 5.69 Å². The van der Waals surface area contributed by atoms with Gasteiger partial charge in [0.1, 0.15) is 5.75 Å². The van der Waals surface area contributed by atoms with Crippen LogP contribution in [0.3, 0.4) is 0 Å². The van der Waals surface area contributed by atoms with Crippen molar-refractivity contribution in [1.29, 1.82) is 0 Å². The van der Waals surface area contributed by atoms with Gasteiger partial charge in [0.2, 0.25) is 0 Å². The SMILES string of the molecule is CCCC1Oc2ccc(C)cc2CN1c1ccccc1. The van der Waals surface area contributed by atoms with Crippen molar-refractivity contribution in [3.8, 4) is 5.75 Å². The van der Waals surface area contributed by atoms with Gasteiger partial charge in [-0.1, -0.05) is 49.2 Å². The second kappa shape index (κ2) is 5.58. The van der Waals surface area contributed by atoms with Gasteiger partial charge < -0.3 is 9.64 Å². The van der Waals surface area contributed by atoms with Gasteiger partial charge in [-0.25, -0.2) is 0 Å². The molecule has 2 aromatic rings. The fraction of sp³-hybridized carbons (Fsp3) is 0.333. The maximum Gasteiger partial charge on any atom is 0.172 e. The summed E-state index contributed by atoms with van der Waals surface area (Å²) in [6.45, 7) is 5.26. The number of nitrogens with zero attached hydrogens (tertiary/aromatic N) is 1. The number of rotatable bonds is 3. The standard InChI is InChI=1S/C18H21NO/c1-3-7-18-19(16-8-5-4-6-9-16)13-15-12-14(2)10-11-17(15)20-18/h4-6,8-12,18H,3,7,13H2,1-2H3. The van der Waals surface area contributed by atoms with Crippen LogP contribution in [-0.4, -0.2) is 6.23 Å². The van der Waals surface area contributed by atoms with Crippen molar-refractivity contribution in [2.45, 2.75) is 39.5 Å². The van der Waals surface area contributed by atoms with Gasteiger partial charge in [-0.2, -0.15) is 0 Å². The lowest BCUT2D eigenvalue weighted by Crippen LogP contribution is -2.42. The zero-order chi connectivity index (χ0) is 13.9. The van der Waals surface area contributed by atoms with Crippen LogP contribution in [0, 0.1) is 6.92 Å². The van der Waals surface area contributed by atoms with Crippen LogP contribution >= 0.6 is 0 Å². The number of aryl methyl sites for hydroxylation is 1. The van der Waals surface area contributed by atoms with E-state index < -0.39 is 0 Å². The predicted octanol–water partition coefficient (Wildman–Crippen LogP) is 4.52. The highest BCUT2D eigenvalue weighted by atomic mass is 16.5. The molecule has 1 atom stereocenters. The molecular weight excluding hydrogens is 246 g/mol. The lowest BCUT2D eigenvalue weighted by Gasteiger charge is -2.38. The van der Waals surface area contributed by atoms with E-state index in [-0.39, 0.29) is 6.23 Å². The van der Waals surface area contributed by atoms with Crippen LogP contribution in [0.2, 0.25) is 0 Å². The number of hydrogen-bond donors (Lipinski definition) is 0. The Morgan fingerprint density at radius 3 is 2.70 bits per heavy atom. The molecule has 0 radical (unpaired) electrons. The minimum Gasteiger partial charge on any atom is -0.470 e. The molecule has 0 N–H and O–H groups in total. The van der Waals surface area contributed by atoms with Gasteiger partial charge in [0, 0.05) is 17.7 Å². The molecule has 1 aliphatic rings. The molecule has 2 aromatic carbocycles. The molecule has 1 aliphatic heterocycles. The van der Waals surface area contributed by atoms with Gasteiger partial charge in [-0.05, 0) is 25.1 Å². The van der Waals surface area contributed by atoms with Gasteiger partial charge in [0.15, 0.2) is 6.23 Å². The first-order valence-electron chi connectivity index (χ1n) is 7.36. The molecule has 0 fully saturated rings. The number of anilines is 1. The molecule has 3 rings (SSSR count). The zero-order valence-electron chi connectivity index (χ0n) is 12.2. The summed E-state index contributed by atoms with van der Waals surface area (Å²) < 4.78 is 6.22. The van der Waals surface area contributed by atoms with Crippen molar-refractivity contribution in [1.82, 2.24) is 0 Å². The van der Waals surface area contributed by atoms with Crippen LogP contribution in [0.4, 0.5) is 5.69 Å². The Morgan fingerprint density at radius 1 is 1.15 bits per heavy atom.